The van der Waals surface area contributed by atoms with Crippen LogP contribution in [0.3, 0.4) is 0 Å². The van der Waals surface area contributed by atoms with E-state index in [4.69, 9.17) is 17.3 Å². The van der Waals surface area contributed by atoms with Gasteiger partial charge in [0.15, 0.2) is 0 Å². The Labute approximate surface area is 137 Å². The standard InChI is InChI=1S/C16H16BrClN2O/c1-10-5-11(7-13(17)6-10)16(21)20(2)9-12-8-14(19)3-4-15(12)18/h3-8H,9,19H2,1-2H3. The van der Waals surface area contributed by atoms with Crippen LogP contribution in [-0.2, 0) is 6.54 Å². The first-order valence-corrected chi connectivity index (χ1v) is 7.60. The number of nitrogens with zero attached hydrogens (tertiary/aromatic N) is 1. The highest BCUT2D eigenvalue weighted by Crippen LogP contribution is 2.22. The fraction of sp³-hybridized carbons (Fsp3) is 0.188. The third kappa shape index (κ3) is 3.99. The first-order chi connectivity index (χ1) is 9.86. The average Bonchev–Trinajstić information content (AvgIpc) is 2.41. The highest BCUT2D eigenvalue weighted by Gasteiger charge is 2.14. The van der Waals surface area contributed by atoms with Crippen molar-refractivity contribution in [2.75, 3.05) is 12.8 Å². The van der Waals surface area contributed by atoms with Crippen LogP contribution in [0.5, 0.6) is 0 Å². The van der Waals surface area contributed by atoms with E-state index >= 15 is 0 Å². The van der Waals surface area contributed by atoms with Crippen LogP contribution in [0.4, 0.5) is 5.69 Å². The summed E-state index contributed by atoms with van der Waals surface area (Å²) in [6.45, 7) is 2.37. The predicted octanol–water partition coefficient (Wildman–Crippen LogP) is 4.27. The number of amides is 1. The molecule has 0 saturated carbocycles. The number of nitrogen functional groups attached to an aromatic ring is 1. The van der Waals surface area contributed by atoms with Crippen LogP contribution in [0.1, 0.15) is 21.5 Å². The Bertz CT molecular complexity index is 668. The van der Waals surface area contributed by atoms with E-state index in [-0.39, 0.29) is 5.91 Å². The van der Waals surface area contributed by atoms with Gasteiger partial charge in [-0.15, -0.1) is 0 Å². The van der Waals surface area contributed by atoms with Gasteiger partial charge in [-0.05, 0) is 54.4 Å². The summed E-state index contributed by atoms with van der Waals surface area (Å²) >= 11 is 9.55. The molecule has 0 atom stereocenters. The molecule has 0 radical (unpaired) electrons. The van der Waals surface area contributed by atoms with Crippen LogP contribution in [0, 0.1) is 6.92 Å². The van der Waals surface area contributed by atoms with Gasteiger partial charge in [0.25, 0.3) is 5.91 Å². The number of anilines is 1. The van der Waals surface area contributed by atoms with Gasteiger partial charge >= 0.3 is 0 Å². The largest absolute Gasteiger partial charge is 0.399 e. The molecule has 2 rings (SSSR count). The summed E-state index contributed by atoms with van der Waals surface area (Å²) in [4.78, 5) is 14.1. The molecular formula is C16H16BrClN2O. The molecule has 2 aromatic rings. The van der Waals surface area contributed by atoms with Crippen molar-refractivity contribution in [3.63, 3.8) is 0 Å². The van der Waals surface area contributed by atoms with E-state index in [2.05, 4.69) is 15.9 Å². The van der Waals surface area contributed by atoms with E-state index in [1.165, 1.54) is 0 Å². The molecule has 1 amide bonds. The molecule has 0 aliphatic carbocycles. The molecule has 0 saturated heterocycles. The van der Waals surface area contributed by atoms with Gasteiger partial charge < -0.3 is 10.6 Å². The maximum atomic E-state index is 12.5. The van der Waals surface area contributed by atoms with E-state index in [1.54, 1.807) is 30.1 Å². The minimum atomic E-state index is -0.0575. The number of carbonyl (C=O) groups excluding carboxylic acids is 1. The summed E-state index contributed by atoms with van der Waals surface area (Å²) in [6, 6.07) is 10.9. The summed E-state index contributed by atoms with van der Waals surface area (Å²) in [6.07, 6.45) is 0. The van der Waals surface area contributed by atoms with Crippen LogP contribution < -0.4 is 5.73 Å². The maximum Gasteiger partial charge on any atom is 0.253 e. The van der Waals surface area contributed by atoms with Crippen molar-refractivity contribution in [2.24, 2.45) is 0 Å². The second-order valence-electron chi connectivity index (χ2n) is 5.03. The molecule has 110 valence electrons. The number of rotatable bonds is 3. The molecule has 5 heteroatoms. The fourth-order valence-corrected chi connectivity index (χ4v) is 2.91. The zero-order valence-electron chi connectivity index (χ0n) is 11.9. The Morgan fingerprint density at radius 1 is 1.29 bits per heavy atom. The third-order valence-corrected chi connectivity index (χ3v) is 3.94. The lowest BCUT2D eigenvalue weighted by molar-refractivity contribution is 0.0785. The Kier molecular flexibility index (Phi) is 4.91. The van der Waals surface area contributed by atoms with Crippen LogP contribution in [-0.4, -0.2) is 17.9 Å². The van der Waals surface area contributed by atoms with Gasteiger partial charge in [0.2, 0.25) is 0 Å². The molecule has 0 spiro atoms. The number of aryl methyl sites for hydroxylation is 1. The first-order valence-electron chi connectivity index (χ1n) is 6.43. The van der Waals surface area contributed by atoms with Crippen molar-refractivity contribution in [3.8, 4) is 0 Å². The molecule has 0 fully saturated rings. The Balaban J connectivity index is 2.21. The first kappa shape index (κ1) is 15.9. The van der Waals surface area contributed by atoms with Crippen molar-refractivity contribution < 1.29 is 4.79 Å². The van der Waals surface area contributed by atoms with Crippen LogP contribution in [0.25, 0.3) is 0 Å². The molecule has 2 N–H and O–H groups in total. The molecule has 0 heterocycles. The van der Waals surface area contributed by atoms with Crippen LogP contribution in [0.15, 0.2) is 40.9 Å². The second-order valence-corrected chi connectivity index (χ2v) is 6.35. The summed E-state index contributed by atoms with van der Waals surface area (Å²) in [5.74, 6) is -0.0575. The number of halogens is 2. The topological polar surface area (TPSA) is 46.3 Å². The van der Waals surface area contributed by atoms with Crippen molar-refractivity contribution in [3.05, 3.63) is 62.6 Å². The van der Waals surface area contributed by atoms with Crippen molar-refractivity contribution in [1.29, 1.82) is 0 Å². The van der Waals surface area contributed by atoms with Crippen molar-refractivity contribution in [2.45, 2.75) is 13.5 Å². The van der Waals surface area contributed by atoms with Crippen LogP contribution >= 0.6 is 27.5 Å². The van der Waals surface area contributed by atoms with E-state index in [0.29, 0.717) is 22.8 Å². The Morgan fingerprint density at radius 2 is 2.00 bits per heavy atom. The van der Waals surface area contributed by atoms with E-state index in [9.17, 15) is 4.79 Å². The van der Waals surface area contributed by atoms with Gasteiger partial charge in [0, 0.05) is 34.3 Å². The number of nitrogens with two attached hydrogens (primary N) is 1. The van der Waals surface area contributed by atoms with Crippen LogP contribution in [0.2, 0.25) is 5.02 Å². The SMILES string of the molecule is Cc1cc(Br)cc(C(=O)N(C)Cc2cc(N)ccc2Cl)c1. The second kappa shape index (κ2) is 6.50. The van der Waals surface area contributed by atoms with Crippen molar-refractivity contribution >= 4 is 39.1 Å². The number of hydrogen-bond acceptors (Lipinski definition) is 2. The number of hydrogen-bond donors (Lipinski definition) is 1. The molecule has 3 nitrogen and oxygen atoms in total. The summed E-state index contributed by atoms with van der Waals surface area (Å²) in [5.41, 5.74) is 8.90. The molecule has 21 heavy (non-hydrogen) atoms. The van der Waals surface area contributed by atoms with Gasteiger partial charge in [-0.1, -0.05) is 27.5 Å². The quantitative estimate of drug-likeness (QED) is 0.824. The minimum Gasteiger partial charge on any atom is -0.399 e. The molecule has 0 bridgehead atoms. The minimum absolute atomic E-state index is 0.0575. The van der Waals surface area contributed by atoms with Crippen molar-refractivity contribution in [1.82, 2.24) is 4.90 Å². The summed E-state index contributed by atoms with van der Waals surface area (Å²) < 4.78 is 0.890. The van der Waals surface area contributed by atoms with Gasteiger partial charge in [-0.3, -0.25) is 4.79 Å². The zero-order valence-corrected chi connectivity index (χ0v) is 14.2. The third-order valence-electron chi connectivity index (χ3n) is 3.11. The normalized spacial score (nSPS) is 10.5. The monoisotopic (exact) mass is 366 g/mol. The maximum absolute atomic E-state index is 12.5. The Hall–Kier alpha value is -1.52. The lowest BCUT2D eigenvalue weighted by Crippen LogP contribution is -2.26. The highest BCUT2D eigenvalue weighted by molar-refractivity contribution is 9.10. The average molecular weight is 368 g/mol. The Morgan fingerprint density at radius 3 is 2.67 bits per heavy atom. The summed E-state index contributed by atoms with van der Waals surface area (Å²) in [5, 5.41) is 0.606. The molecular weight excluding hydrogens is 352 g/mol. The predicted molar refractivity (Wildman–Crippen MR) is 90.5 cm³/mol. The molecule has 0 aromatic heterocycles. The van der Waals surface area contributed by atoms with E-state index in [1.807, 2.05) is 25.1 Å². The zero-order chi connectivity index (χ0) is 15.6. The molecule has 0 aliphatic rings. The molecule has 0 aliphatic heterocycles. The van der Waals surface area contributed by atoms with Gasteiger partial charge in [-0.2, -0.15) is 0 Å². The smallest absolute Gasteiger partial charge is 0.253 e. The summed E-state index contributed by atoms with van der Waals surface area (Å²) in [7, 11) is 1.75. The highest BCUT2D eigenvalue weighted by atomic mass is 79.9. The molecule has 2 aromatic carbocycles. The lowest BCUT2D eigenvalue weighted by atomic mass is 10.1. The fourth-order valence-electron chi connectivity index (χ4n) is 2.12. The lowest BCUT2D eigenvalue weighted by Gasteiger charge is -2.19. The van der Waals surface area contributed by atoms with Gasteiger partial charge in [0.1, 0.15) is 0 Å². The van der Waals surface area contributed by atoms with Gasteiger partial charge in [0.05, 0.1) is 0 Å². The number of benzene rings is 2. The van der Waals surface area contributed by atoms with E-state index < -0.39 is 0 Å². The number of carbonyl (C=O) groups is 1. The molecule has 0 unspecified atom stereocenters. The van der Waals surface area contributed by atoms with Gasteiger partial charge in [-0.25, -0.2) is 0 Å². The van der Waals surface area contributed by atoms with E-state index in [0.717, 1.165) is 15.6 Å².